The van der Waals surface area contributed by atoms with Gasteiger partial charge in [0, 0.05) is 31.9 Å². The van der Waals surface area contributed by atoms with Crippen molar-refractivity contribution in [2.45, 2.75) is 32.7 Å². The van der Waals surface area contributed by atoms with E-state index in [2.05, 4.69) is 38.1 Å². The Balaban J connectivity index is 1.42. The summed E-state index contributed by atoms with van der Waals surface area (Å²) in [5.74, 6) is 0.425. The molecule has 0 atom stereocenters. The molecule has 3 aromatic carbocycles. The molecule has 0 bridgehead atoms. The molecule has 1 aliphatic rings. The minimum atomic E-state index is -0.103. The van der Waals surface area contributed by atoms with Crippen molar-refractivity contribution in [3.05, 3.63) is 102 Å². The summed E-state index contributed by atoms with van der Waals surface area (Å²) in [5.41, 5.74) is 4.41. The van der Waals surface area contributed by atoms with Gasteiger partial charge in [0.2, 0.25) is 5.91 Å². The van der Waals surface area contributed by atoms with Gasteiger partial charge < -0.3 is 9.80 Å². The third-order valence-electron chi connectivity index (χ3n) is 6.37. The van der Waals surface area contributed by atoms with E-state index < -0.39 is 0 Å². The zero-order valence-corrected chi connectivity index (χ0v) is 20.1. The molecular formula is C29H33N3O2. The third-order valence-corrected chi connectivity index (χ3v) is 6.37. The molecule has 1 saturated heterocycles. The second-order valence-corrected chi connectivity index (χ2v) is 9.14. The molecule has 1 fully saturated rings. The van der Waals surface area contributed by atoms with E-state index in [-0.39, 0.29) is 18.5 Å². The molecule has 0 spiro atoms. The number of rotatable bonds is 9. The van der Waals surface area contributed by atoms with E-state index in [9.17, 15) is 9.59 Å². The normalized spacial score (nSPS) is 13.6. The molecule has 3 aromatic rings. The van der Waals surface area contributed by atoms with Crippen LogP contribution in [0.4, 0.5) is 10.5 Å². The van der Waals surface area contributed by atoms with Crippen molar-refractivity contribution < 1.29 is 9.59 Å². The first kappa shape index (κ1) is 23.6. The Morgan fingerprint density at radius 3 is 2.09 bits per heavy atom. The Bertz CT molecular complexity index is 1080. The summed E-state index contributed by atoms with van der Waals surface area (Å²) >= 11 is 0. The van der Waals surface area contributed by atoms with Crippen molar-refractivity contribution in [2.75, 3.05) is 31.1 Å². The lowest BCUT2D eigenvalue weighted by Gasteiger charge is -2.26. The van der Waals surface area contributed by atoms with E-state index in [1.165, 1.54) is 11.1 Å². The Labute approximate surface area is 202 Å². The molecular weight excluding hydrogens is 422 g/mol. The predicted octanol–water partition coefficient (Wildman–Crippen LogP) is 5.32. The van der Waals surface area contributed by atoms with E-state index in [0.29, 0.717) is 32.1 Å². The summed E-state index contributed by atoms with van der Waals surface area (Å²) in [6.07, 6.45) is 0.779. The molecule has 3 amide bonds. The largest absolute Gasteiger partial charge is 0.337 e. The van der Waals surface area contributed by atoms with Gasteiger partial charge in [-0.15, -0.1) is 0 Å². The summed E-state index contributed by atoms with van der Waals surface area (Å²) in [6, 6.07) is 28.3. The van der Waals surface area contributed by atoms with Gasteiger partial charge in [-0.2, -0.15) is 0 Å². The second-order valence-electron chi connectivity index (χ2n) is 9.14. The predicted molar refractivity (Wildman–Crippen MR) is 137 cm³/mol. The van der Waals surface area contributed by atoms with E-state index >= 15 is 0 Å². The first-order chi connectivity index (χ1) is 16.5. The van der Waals surface area contributed by atoms with Crippen LogP contribution < -0.4 is 4.90 Å². The van der Waals surface area contributed by atoms with Gasteiger partial charge in [-0.05, 0) is 41.2 Å². The summed E-state index contributed by atoms with van der Waals surface area (Å²) in [4.78, 5) is 31.8. The Hall–Kier alpha value is -3.60. The average molecular weight is 456 g/mol. The zero-order chi connectivity index (χ0) is 23.9. The molecule has 176 valence electrons. The van der Waals surface area contributed by atoms with Crippen LogP contribution in [0.1, 0.15) is 36.5 Å². The molecule has 0 aromatic heterocycles. The molecule has 0 unspecified atom stereocenters. The van der Waals surface area contributed by atoms with Gasteiger partial charge in [-0.25, -0.2) is 4.79 Å². The topological polar surface area (TPSA) is 43.9 Å². The fourth-order valence-electron chi connectivity index (χ4n) is 4.28. The number of urea groups is 1. The molecule has 0 aliphatic carbocycles. The van der Waals surface area contributed by atoms with E-state index in [0.717, 1.165) is 17.7 Å². The standard InChI is InChI=1S/C29H33N3O2/c1-23(2)26-13-15-27(16-14-26)32-20-19-31(29(32)34)22-28(33)30(21-25-11-7-4-8-12-25)18-17-24-9-5-3-6-10-24/h3-16,23H,17-22H2,1-2H3. The van der Waals surface area contributed by atoms with E-state index in [1.54, 1.807) is 9.80 Å². The van der Waals surface area contributed by atoms with Gasteiger partial charge in [0.1, 0.15) is 6.54 Å². The number of nitrogens with zero attached hydrogens (tertiary/aromatic N) is 3. The lowest BCUT2D eigenvalue weighted by Crippen LogP contribution is -2.42. The summed E-state index contributed by atoms with van der Waals surface area (Å²) in [7, 11) is 0. The SMILES string of the molecule is CC(C)c1ccc(N2CCN(CC(=O)N(CCc3ccccc3)Cc3ccccc3)C2=O)cc1. The smallest absolute Gasteiger partial charge is 0.325 e. The molecule has 5 nitrogen and oxygen atoms in total. The highest BCUT2D eigenvalue weighted by molar-refractivity contribution is 5.96. The van der Waals surface area contributed by atoms with Crippen LogP contribution in [0.15, 0.2) is 84.9 Å². The van der Waals surface area contributed by atoms with Crippen LogP contribution in [0.5, 0.6) is 0 Å². The van der Waals surface area contributed by atoms with Gasteiger partial charge in [0.05, 0.1) is 0 Å². The number of anilines is 1. The minimum absolute atomic E-state index is 0.0230. The van der Waals surface area contributed by atoms with Crippen molar-refractivity contribution in [3.8, 4) is 0 Å². The third kappa shape index (κ3) is 5.84. The first-order valence-corrected chi connectivity index (χ1v) is 12.0. The van der Waals surface area contributed by atoms with Crippen molar-refractivity contribution in [3.63, 3.8) is 0 Å². The fourth-order valence-corrected chi connectivity index (χ4v) is 4.28. The fraction of sp³-hybridized carbons (Fsp3) is 0.310. The summed E-state index contributed by atoms with van der Waals surface area (Å²) < 4.78 is 0. The highest BCUT2D eigenvalue weighted by atomic mass is 16.2. The maximum Gasteiger partial charge on any atom is 0.325 e. The number of amides is 3. The van der Waals surface area contributed by atoms with Crippen LogP contribution >= 0.6 is 0 Å². The van der Waals surface area contributed by atoms with Crippen LogP contribution in [0, 0.1) is 0 Å². The highest BCUT2D eigenvalue weighted by Gasteiger charge is 2.32. The van der Waals surface area contributed by atoms with Crippen molar-refractivity contribution in [2.24, 2.45) is 0 Å². The number of carbonyl (C=O) groups is 2. The summed E-state index contributed by atoms with van der Waals surface area (Å²) in [5, 5.41) is 0. The van der Waals surface area contributed by atoms with Gasteiger partial charge in [-0.1, -0.05) is 86.6 Å². The Morgan fingerprint density at radius 2 is 1.47 bits per heavy atom. The van der Waals surface area contributed by atoms with Crippen molar-refractivity contribution >= 4 is 17.6 Å². The monoisotopic (exact) mass is 455 g/mol. The summed E-state index contributed by atoms with van der Waals surface area (Å²) in [6.45, 7) is 6.70. The van der Waals surface area contributed by atoms with Crippen LogP contribution in [-0.2, 0) is 17.8 Å². The van der Waals surface area contributed by atoms with Crippen LogP contribution in [0.25, 0.3) is 0 Å². The minimum Gasteiger partial charge on any atom is -0.337 e. The maximum atomic E-state index is 13.3. The number of benzene rings is 3. The quantitative estimate of drug-likeness (QED) is 0.438. The first-order valence-electron chi connectivity index (χ1n) is 12.0. The molecule has 34 heavy (non-hydrogen) atoms. The molecule has 0 saturated carbocycles. The molecule has 5 heteroatoms. The van der Waals surface area contributed by atoms with E-state index in [1.807, 2.05) is 65.6 Å². The molecule has 0 N–H and O–H groups in total. The van der Waals surface area contributed by atoms with Crippen molar-refractivity contribution in [1.29, 1.82) is 0 Å². The highest BCUT2D eigenvalue weighted by Crippen LogP contribution is 2.23. The van der Waals surface area contributed by atoms with Crippen LogP contribution in [-0.4, -0.2) is 47.9 Å². The Kier molecular flexibility index (Phi) is 7.63. The lowest BCUT2D eigenvalue weighted by molar-refractivity contribution is -0.132. The van der Waals surface area contributed by atoms with Gasteiger partial charge >= 0.3 is 6.03 Å². The lowest BCUT2D eigenvalue weighted by atomic mass is 10.0. The van der Waals surface area contributed by atoms with Gasteiger partial charge in [0.15, 0.2) is 0 Å². The molecule has 4 rings (SSSR count). The molecule has 0 radical (unpaired) electrons. The van der Waals surface area contributed by atoms with Crippen LogP contribution in [0.2, 0.25) is 0 Å². The second kappa shape index (κ2) is 11.0. The molecule has 1 heterocycles. The Morgan fingerprint density at radius 1 is 0.853 bits per heavy atom. The molecule has 1 aliphatic heterocycles. The number of carbonyl (C=O) groups excluding carboxylic acids is 2. The van der Waals surface area contributed by atoms with Gasteiger partial charge in [0.25, 0.3) is 0 Å². The van der Waals surface area contributed by atoms with Crippen molar-refractivity contribution in [1.82, 2.24) is 9.80 Å². The zero-order valence-electron chi connectivity index (χ0n) is 20.1. The number of hydrogen-bond acceptors (Lipinski definition) is 2. The maximum absolute atomic E-state index is 13.3. The van der Waals surface area contributed by atoms with E-state index in [4.69, 9.17) is 0 Å². The van der Waals surface area contributed by atoms with Crippen LogP contribution in [0.3, 0.4) is 0 Å². The van der Waals surface area contributed by atoms with Gasteiger partial charge in [-0.3, -0.25) is 9.69 Å². The average Bonchev–Trinajstić information content (AvgIpc) is 3.22. The number of hydrogen-bond donors (Lipinski definition) is 0.